The third-order valence-electron chi connectivity index (χ3n) is 3.49. The SMILES string of the molecule is CC[C@@H](NC(=O)NCc1cccc(Cl)c1)c1c(C)noc1C. The summed E-state index contributed by atoms with van der Waals surface area (Å²) < 4.78 is 5.17. The summed E-state index contributed by atoms with van der Waals surface area (Å²) >= 11 is 5.92. The maximum absolute atomic E-state index is 12.1. The smallest absolute Gasteiger partial charge is 0.315 e. The summed E-state index contributed by atoms with van der Waals surface area (Å²) in [5.41, 5.74) is 2.70. The van der Waals surface area contributed by atoms with Gasteiger partial charge in [-0.25, -0.2) is 4.79 Å². The van der Waals surface area contributed by atoms with Crippen molar-refractivity contribution in [3.8, 4) is 0 Å². The quantitative estimate of drug-likeness (QED) is 0.877. The molecule has 0 aliphatic heterocycles. The van der Waals surface area contributed by atoms with Crippen molar-refractivity contribution >= 4 is 17.6 Å². The molecule has 0 unspecified atom stereocenters. The predicted octanol–water partition coefficient (Wildman–Crippen LogP) is 3.90. The largest absolute Gasteiger partial charge is 0.361 e. The van der Waals surface area contributed by atoms with Crippen molar-refractivity contribution in [1.82, 2.24) is 15.8 Å². The molecule has 2 rings (SSSR count). The second-order valence-electron chi connectivity index (χ2n) is 5.16. The number of nitrogens with zero attached hydrogens (tertiary/aromatic N) is 1. The third-order valence-corrected chi connectivity index (χ3v) is 3.73. The van der Waals surface area contributed by atoms with Gasteiger partial charge in [0.25, 0.3) is 0 Å². The number of nitrogens with one attached hydrogen (secondary N) is 2. The number of carbonyl (C=O) groups is 1. The molecule has 1 atom stereocenters. The Bertz CT molecular complexity index is 635. The molecule has 2 amide bonds. The van der Waals surface area contributed by atoms with Crippen LogP contribution < -0.4 is 10.6 Å². The molecule has 5 nitrogen and oxygen atoms in total. The number of hydrogen-bond donors (Lipinski definition) is 2. The summed E-state index contributed by atoms with van der Waals surface area (Å²) in [5, 5.41) is 10.4. The molecule has 6 heteroatoms. The maximum Gasteiger partial charge on any atom is 0.315 e. The fraction of sp³-hybridized carbons (Fsp3) is 0.375. The van der Waals surface area contributed by atoms with Crippen molar-refractivity contribution in [2.45, 2.75) is 39.8 Å². The summed E-state index contributed by atoms with van der Waals surface area (Å²) in [5.74, 6) is 0.736. The fourth-order valence-electron chi connectivity index (χ4n) is 2.40. The first kappa shape index (κ1) is 16.4. The minimum atomic E-state index is -0.230. The Hall–Kier alpha value is -2.01. The molecule has 1 heterocycles. The Balaban J connectivity index is 1.95. The van der Waals surface area contributed by atoms with Gasteiger partial charge in [-0.15, -0.1) is 0 Å². The lowest BCUT2D eigenvalue weighted by Crippen LogP contribution is -2.37. The van der Waals surface area contributed by atoms with Gasteiger partial charge in [0.2, 0.25) is 0 Å². The highest BCUT2D eigenvalue weighted by molar-refractivity contribution is 6.30. The number of urea groups is 1. The molecule has 1 aromatic heterocycles. The molecule has 0 radical (unpaired) electrons. The van der Waals surface area contributed by atoms with Crippen molar-refractivity contribution in [1.29, 1.82) is 0 Å². The van der Waals surface area contributed by atoms with Gasteiger partial charge in [-0.1, -0.05) is 35.8 Å². The molecule has 0 spiro atoms. The van der Waals surface area contributed by atoms with Crippen LogP contribution in [0.15, 0.2) is 28.8 Å². The van der Waals surface area contributed by atoms with Crippen LogP contribution in [0.2, 0.25) is 5.02 Å². The molecule has 2 aromatic rings. The molecule has 0 bridgehead atoms. The van der Waals surface area contributed by atoms with Crippen LogP contribution >= 0.6 is 11.6 Å². The third kappa shape index (κ3) is 4.01. The molecule has 0 saturated heterocycles. The summed E-state index contributed by atoms with van der Waals surface area (Å²) in [4.78, 5) is 12.1. The molecule has 1 aromatic carbocycles. The second-order valence-corrected chi connectivity index (χ2v) is 5.59. The maximum atomic E-state index is 12.1. The van der Waals surface area contributed by atoms with Crippen molar-refractivity contribution in [3.05, 3.63) is 51.9 Å². The van der Waals surface area contributed by atoms with Gasteiger partial charge >= 0.3 is 6.03 Å². The highest BCUT2D eigenvalue weighted by Crippen LogP contribution is 2.23. The van der Waals surface area contributed by atoms with Crippen LogP contribution in [0.5, 0.6) is 0 Å². The number of hydrogen-bond acceptors (Lipinski definition) is 3. The van der Waals surface area contributed by atoms with E-state index >= 15 is 0 Å². The zero-order valence-electron chi connectivity index (χ0n) is 12.9. The Morgan fingerprint density at radius 2 is 2.18 bits per heavy atom. The standard InChI is InChI=1S/C16H20ClN3O2/c1-4-14(15-10(2)20-22-11(15)3)19-16(21)18-9-12-6-5-7-13(17)8-12/h5-8,14H,4,9H2,1-3H3,(H2,18,19,21)/t14-/m1/s1. The van der Waals surface area contributed by atoms with Gasteiger partial charge in [0.15, 0.2) is 0 Å². The highest BCUT2D eigenvalue weighted by Gasteiger charge is 2.20. The fourth-order valence-corrected chi connectivity index (χ4v) is 2.62. The predicted molar refractivity (Wildman–Crippen MR) is 85.8 cm³/mol. The number of carbonyl (C=O) groups excluding carboxylic acids is 1. The lowest BCUT2D eigenvalue weighted by Gasteiger charge is -2.17. The first-order valence-corrected chi connectivity index (χ1v) is 7.60. The highest BCUT2D eigenvalue weighted by atomic mass is 35.5. The van der Waals surface area contributed by atoms with Gasteiger partial charge in [0.1, 0.15) is 5.76 Å². The van der Waals surface area contributed by atoms with Crippen LogP contribution in [-0.4, -0.2) is 11.2 Å². The van der Waals surface area contributed by atoms with Gasteiger partial charge in [-0.2, -0.15) is 0 Å². The van der Waals surface area contributed by atoms with Gasteiger partial charge < -0.3 is 15.2 Å². The monoisotopic (exact) mass is 321 g/mol. The van der Waals surface area contributed by atoms with E-state index in [1.807, 2.05) is 39.0 Å². The molecule has 0 saturated carbocycles. The van der Waals surface area contributed by atoms with E-state index in [0.29, 0.717) is 11.6 Å². The van der Waals surface area contributed by atoms with Gasteiger partial charge in [-0.3, -0.25) is 0 Å². The van der Waals surface area contributed by atoms with Gasteiger partial charge in [0, 0.05) is 17.1 Å². The molecular weight excluding hydrogens is 302 g/mol. The second kappa shape index (κ2) is 7.31. The van der Waals surface area contributed by atoms with Gasteiger partial charge in [-0.05, 0) is 38.0 Å². The van der Waals surface area contributed by atoms with Crippen molar-refractivity contribution < 1.29 is 9.32 Å². The first-order valence-electron chi connectivity index (χ1n) is 7.22. The topological polar surface area (TPSA) is 67.2 Å². The Morgan fingerprint density at radius 1 is 1.41 bits per heavy atom. The van der Waals surface area contributed by atoms with Crippen molar-refractivity contribution in [2.24, 2.45) is 0 Å². The first-order chi connectivity index (χ1) is 10.5. The lowest BCUT2D eigenvalue weighted by atomic mass is 10.0. The number of halogens is 1. The summed E-state index contributed by atoms with van der Waals surface area (Å²) in [6, 6.07) is 7.05. The van der Waals surface area contributed by atoms with E-state index < -0.39 is 0 Å². The van der Waals surface area contributed by atoms with E-state index in [0.717, 1.165) is 29.0 Å². The lowest BCUT2D eigenvalue weighted by molar-refractivity contribution is 0.236. The normalized spacial score (nSPS) is 12.0. The summed E-state index contributed by atoms with van der Waals surface area (Å²) in [7, 11) is 0. The zero-order chi connectivity index (χ0) is 16.1. The molecule has 0 aliphatic carbocycles. The number of aryl methyl sites for hydroxylation is 2. The molecule has 0 aliphatic rings. The van der Waals surface area contributed by atoms with Crippen LogP contribution in [0.25, 0.3) is 0 Å². The average molecular weight is 322 g/mol. The van der Waals surface area contributed by atoms with E-state index in [1.165, 1.54) is 0 Å². The van der Waals surface area contributed by atoms with Crippen LogP contribution in [0.1, 0.15) is 42.0 Å². The van der Waals surface area contributed by atoms with Gasteiger partial charge in [0.05, 0.1) is 11.7 Å². The van der Waals surface area contributed by atoms with Crippen molar-refractivity contribution in [2.75, 3.05) is 0 Å². The molecular formula is C16H20ClN3O2. The molecule has 2 N–H and O–H groups in total. The minimum absolute atomic E-state index is 0.120. The Morgan fingerprint density at radius 3 is 2.77 bits per heavy atom. The number of amides is 2. The number of aromatic nitrogens is 1. The van der Waals surface area contributed by atoms with Crippen LogP contribution in [0.3, 0.4) is 0 Å². The van der Waals surface area contributed by atoms with E-state index in [-0.39, 0.29) is 12.1 Å². The van der Waals surface area contributed by atoms with Crippen LogP contribution in [0.4, 0.5) is 4.79 Å². The number of rotatable bonds is 5. The van der Waals surface area contributed by atoms with Crippen molar-refractivity contribution in [3.63, 3.8) is 0 Å². The molecule has 118 valence electrons. The van der Waals surface area contributed by atoms with E-state index in [9.17, 15) is 4.79 Å². The molecule has 0 fully saturated rings. The summed E-state index contributed by atoms with van der Waals surface area (Å²) in [6.07, 6.45) is 0.757. The Kier molecular flexibility index (Phi) is 5.44. The summed E-state index contributed by atoms with van der Waals surface area (Å²) in [6.45, 7) is 6.15. The van der Waals surface area contributed by atoms with Crippen LogP contribution in [-0.2, 0) is 6.54 Å². The average Bonchev–Trinajstić information content (AvgIpc) is 2.82. The van der Waals surface area contributed by atoms with E-state index in [4.69, 9.17) is 16.1 Å². The number of benzene rings is 1. The molecule has 22 heavy (non-hydrogen) atoms. The van der Waals surface area contributed by atoms with E-state index in [2.05, 4.69) is 15.8 Å². The zero-order valence-corrected chi connectivity index (χ0v) is 13.7. The minimum Gasteiger partial charge on any atom is -0.361 e. The van der Waals surface area contributed by atoms with E-state index in [1.54, 1.807) is 6.07 Å². The Labute approximate surface area is 135 Å². The van der Waals surface area contributed by atoms with Crippen LogP contribution in [0, 0.1) is 13.8 Å².